The molecule has 4 aromatic carbocycles. The van der Waals surface area contributed by atoms with E-state index in [1.165, 1.54) is 16.7 Å². The smallest absolute Gasteiger partial charge is 0.272 e. The second-order valence-corrected chi connectivity index (χ2v) is 10.7. The number of hydrogen-bond acceptors (Lipinski definition) is 6. The number of amides is 4. The summed E-state index contributed by atoms with van der Waals surface area (Å²) in [5.74, 6) is -0.194. The first kappa shape index (κ1) is 29.3. The van der Waals surface area contributed by atoms with Crippen molar-refractivity contribution in [2.45, 2.75) is 11.8 Å². The molecular weight excluding hydrogens is 562 g/mol. The van der Waals surface area contributed by atoms with E-state index < -0.39 is 11.8 Å². The number of carbonyl (C=O) groups is 4. The number of nitrogens with zero attached hydrogens (tertiary/aromatic N) is 1. The molecule has 0 unspecified atom stereocenters. The Kier molecular flexibility index (Phi) is 9.33. The van der Waals surface area contributed by atoms with Crippen LogP contribution in [0.3, 0.4) is 0 Å². The van der Waals surface area contributed by atoms with E-state index >= 15 is 0 Å². The number of imide groups is 1. The number of thioether (sulfide) groups is 1. The molecule has 0 saturated heterocycles. The van der Waals surface area contributed by atoms with Crippen LogP contribution in [0.15, 0.2) is 114 Å². The summed E-state index contributed by atoms with van der Waals surface area (Å²) in [5.41, 5.74) is 2.64. The molecular formula is C34H29N3O5S. The lowest BCUT2D eigenvalue weighted by Crippen LogP contribution is -2.31. The monoisotopic (exact) mass is 591 g/mol. The first-order chi connectivity index (χ1) is 20.9. The molecule has 216 valence electrons. The number of anilines is 1. The Morgan fingerprint density at radius 3 is 2.07 bits per heavy atom. The van der Waals surface area contributed by atoms with E-state index in [2.05, 4.69) is 10.6 Å². The number of hydrogen-bond donors (Lipinski definition) is 2. The standard InChI is InChI=1S/C34H29N3O5S/c1-2-42-26-16-12-23(13-17-26)22-30(36-31(38)24-8-4-3-5-9-24)32(39)35-25-14-18-27(19-15-25)43-21-20-37-33(40)28-10-6-7-11-29(28)34(37)41/h3-19,22H,2,20-21H2,1H3,(H,35,39)(H,36,38)/b30-22-. The molecule has 9 heteroatoms. The molecule has 0 aromatic heterocycles. The lowest BCUT2D eigenvalue weighted by atomic mass is 10.1. The molecule has 0 fully saturated rings. The highest BCUT2D eigenvalue weighted by molar-refractivity contribution is 7.99. The number of ether oxygens (including phenoxy) is 1. The van der Waals surface area contributed by atoms with Gasteiger partial charge in [-0.1, -0.05) is 42.5 Å². The van der Waals surface area contributed by atoms with Gasteiger partial charge in [-0.2, -0.15) is 0 Å². The van der Waals surface area contributed by atoms with E-state index in [0.717, 1.165) is 4.90 Å². The van der Waals surface area contributed by atoms with Gasteiger partial charge in [-0.15, -0.1) is 11.8 Å². The molecule has 43 heavy (non-hydrogen) atoms. The summed E-state index contributed by atoms with van der Waals surface area (Å²) in [6.45, 7) is 2.73. The summed E-state index contributed by atoms with van der Waals surface area (Å²) in [6.07, 6.45) is 1.61. The molecule has 1 heterocycles. The molecule has 8 nitrogen and oxygen atoms in total. The van der Waals surface area contributed by atoms with Gasteiger partial charge < -0.3 is 15.4 Å². The van der Waals surface area contributed by atoms with Gasteiger partial charge in [0.25, 0.3) is 23.6 Å². The second-order valence-electron chi connectivity index (χ2n) is 9.51. The number of carbonyl (C=O) groups excluding carboxylic acids is 4. The predicted octanol–water partition coefficient (Wildman–Crippen LogP) is 5.88. The van der Waals surface area contributed by atoms with Crippen molar-refractivity contribution in [1.82, 2.24) is 10.2 Å². The van der Waals surface area contributed by atoms with Crippen molar-refractivity contribution < 1.29 is 23.9 Å². The normalized spacial score (nSPS) is 12.6. The van der Waals surface area contributed by atoms with Crippen LogP contribution in [-0.2, 0) is 4.79 Å². The Morgan fingerprint density at radius 2 is 1.44 bits per heavy atom. The molecule has 1 aliphatic rings. The van der Waals surface area contributed by atoms with Crippen LogP contribution in [0.5, 0.6) is 5.75 Å². The van der Waals surface area contributed by atoms with Gasteiger partial charge >= 0.3 is 0 Å². The first-order valence-corrected chi connectivity index (χ1v) is 14.7. The maximum Gasteiger partial charge on any atom is 0.272 e. The van der Waals surface area contributed by atoms with Crippen molar-refractivity contribution in [3.63, 3.8) is 0 Å². The summed E-state index contributed by atoms with van der Waals surface area (Å²) in [5, 5.41) is 5.58. The van der Waals surface area contributed by atoms with Crippen LogP contribution in [0, 0.1) is 0 Å². The largest absolute Gasteiger partial charge is 0.494 e. The van der Waals surface area contributed by atoms with E-state index in [4.69, 9.17) is 4.74 Å². The minimum absolute atomic E-state index is 0.0809. The van der Waals surface area contributed by atoms with Crippen LogP contribution in [0.25, 0.3) is 6.08 Å². The lowest BCUT2D eigenvalue weighted by molar-refractivity contribution is -0.113. The first-order valence-electron chi connectivity index (χ1n) is 13.7. The van der Waals surface area contributed by atoms with Crippen LogP contribution >= 0.6 is 11.8 Å². The molecule has 0 aliphatic carbocycles. The Labute approximate surface area is 253 Å². The van der Waals surface area contributed by atoms with Crippen molar-refractivity contribution in [2.24, 2.45) is 0 Å². The average Bonchev–Trinajstić information content (AvgIpc) is 3.28. The highest BCUT2D eigenvalue weighted by Gasteiger charge is 2.34. The Hall–Kier alpha value is -5.15. The zero-order chi connectivity index (χ0) is 30.2. The lowest BCUT2D eigenvalue weighted by Gasteiger charge is -2.14. The molecule has 0 radical (unpaired) electrons. The van der Waals surface area contributed by atoms with Crippen LogP contribution in [0.2, 0.25) is 0 Å². The van der Waals surface area contributed by atoms with Gasteiger partial charge in [-0.3, -0.25) is 24.1 Å². The van der Waals surface area contributed by atoms with E-state index in [0.29, 0.717) is 46.1 Å². The van der Waals surface area contributed by atoms with Gasteiger partial charge in [-0.25, -0.2) is 0 Å². The van der Waals surface area contributed by atoms with Gasteiger partial charge in [-0.05, 0) is 79.2 Å². The SMILES string of the molecule is CCOc1ccc(/C=C(\NC(=O)c2ccccc2)C(=O)Nc2ccc(SCCN3C(=O)c4ccccc4C3=O)cc2)cc1. The summed E-state index contributed by atoms with van der Waals surface area (Å²) in [4.78, 5) is 53.5. The molecule has 4 aromatic rings. The molecule has 1 aliphatic heterocycles. The number of nitrogens with one attached hydrogen (secondary N) is 2. The Balaban J connectivity index is 1.22. The molecule has 0 saturated carbocycles. The summed E-state index contributed by atoms with van der Waals surface area (Å²) < 4.78 is 5.49. The summed E-state index contributed by atoms with van der Waals surface area (Å²) in [7, 11) is 0. The quantitative estimate of drug-likeness (QED) is 0.128. The topological polar surface area (TPSA) is 105 Å². The molecule has 0 bridgehead atoms. The zero-order valence-corrected chi connectivity index (χ0v) is 24.2. The summed E-state index contributed by atoms with van der Waals surface area (Å²) >= 11 is 1.50. The van der Waals surface area contributed by atoms with E-state index in [1.54, 1.807) is 91.0 Å². The fourth-order valence-corrected chi connectivity index (χ4v) is 5.30. The van der Waals surface area contributed by atoms with Crippen molar-refractivity contribution in [1.29, 1.82) is 0 Å². The second kappa shape index (κ2) is 13.7. The Bertz CT molecular complexity index is 1630. The fourth-order valence-electron chi connectivity index (χ4n) is 4.47. The Morgan fingerprint density at radius 1 is 0.814 bits per heavy atom. The molecule has 0 atom stereocenters. The molecule has 4 amide bonds. The van der Waals surface area contributed by atoms with Gasteiger partial charge in [0, 0.05) is 28.4 Å². The van der Waals surface area contributed by atoms with Crippen molar-refractivity contribution in [3.8, 4) is 5.75 Å². The van der Waals surface area contributed by atoms with Crippen molar-refractivity contribution in [2.75, 3.05) is 24.2 Å². The minimum Gasteiger partial charge on any atom is -0.494 e. The van der Waals surface area contributed by atoms with E-state index in [9.17, 15) is 19.2 Å². The van der Waals surface area contributed by atoms with Crippen LogP contribution in [-0.4, -0.2) is 47.4 Å². The van der Waals surface area contributed by atoms with E-state index in [1.807, 2.05) is 25.1 Å². The number of fused-ring (bicyclic) bond motifs is 1. The molecule has 0 spiro atoms. The van der Waals surface area contributed by atoms with Gasteiger partial charge in [0.2, 0.25) is 0 Å². The molecule has 5 rings (SSSR count). The fraction of sp³-hybridized carbons (Fsp3) is 0.118. The zero-order valence-electron chi connectivity index (χ0n) is 23.4. The van der Waals surface area contributed by atoms with Gasteiger partial charge in [0.1, 0.15) is 11.4 Å². The number of benzene rings is 4. The average molecular weight is 592 g/mol. The maximum atomic E-state index is 13.3. The van der Waals surface area contributed by atoms with Gasteiger partial charge in [0.05, 0.1) is 17.7 Å². The third kappa shape index (κ3) is 7.20. The highest BCUT2D eigenvalue weighted by Crippen LogP contribution is 2.25. The summed E-state index contributed by atoms with van der Waals surface area (Å²) in [6, 6.07) is 29.9. The van der Waals surface area contributed by atoms with E-state index in [-0.39, 0.29) is 24.1 Å². The minimum atomic E-state index is -0.482. The molecule has 2 N–H and O–H groups in total. The third-order valence-electron chi connectivity index (χ3n) is 6.60. The predicted molar refractivity (Wildman–Crippen MR) is 167 cm³/mol. The number of rotatable bonds is 11. The third-order valence-corrected chi connectivity index (χ3v) is 7.60. The van der Waals surface area contributed by atoms with Crippen LogP contribution in [0.1, 0.15) is 43.6 Å². The van der Waals surface area contributed by atoms with Crippen LogP contribution in [0.4, 0.5) is 5.69 Å². The van der Waals surface area contributed by atoms with Crippen molar-refractivity contribution in [3.05, 3.63) is 131 Å². The highest BCUT2D eigenvalue weighted by atomic mass is 32.2. The van der Waals surface area contributed by atoms with Crippen molar-refractivity contribution >= 4 is 47.2 Å². The van der Waals surface area contributed by atoms with Crippen LogP contribution < -0.4 is 15.4 Å². The maximum absolute atomic E-state index is 13.3. The van der Waals surface area contributed by atoms with Gasteiger partial charge in [0.15, 0.2) is 0 Å².